The van der Waals surface area contributed by atoms with Crippen LogP contribution < -0.4 is 5.32 Å². The zero-order chi connectivity index (χ0) is 18.0. The summed E-state index contributed by atoms with van der Waals surface area (Å²) in [4.78, 5) is 20.0. The largest absolute Gasteiger partial charge is 0.356 e. The zero-order valence-corrected chi connectivity index (χ0v) is 14.7. The number of pyridine rings is 1. The third kappa shape index (κ3) is 3.55. The van der Waals surface area contributed by atoms with Gasteiger partial charge in [0.1, 0.15) is 5.82 Å². The summed E-state index contributed by atoms with van der Waals surface area (Å²) in [5.41, 5.74) is 4.07. The van der Waals surface area contributed by atoms with E-state index in [1.54, 1.807) is 12.3 Å². The minimum absolute atomic E-state index is 0.0941. The van der Waals surface area contributed by atoms with Gasteiger partial charge in [-0.2, -0.15) is 0 Å². The number of benzene rings is 1. The maximum atomic E-state index is 13.9. The molecule has 0 aliphatic heterocycles. The maximum absolute atomic E-state index is 13.9. The van der Waals surface area contributed by atoms with E-state index in [-0.39, 0.29) is 24.2 Å². The summed E-state index contributed by atoms with van der Waals surface area (Å²) in [6, 6.07) is 8.71. The van der Waals surface area contributed by atoms with Crippen LogP contribution in [0.15, 0.2) is 36.5 Å². The number of hydrogen-bond acceptors (Lipinski definition) is 2. The highest BCUT2D eigenvalue weighted by Gasteiger charge is 2.18. The number of hydrogen-bond donors (Lipinski definition) is 2. The quantitative estimate of drug-likeness (QED) is 0.734. The average molecular weight is 339 g/mol. The monoisotopic (exact) mass is 339 g/mol. The summed E-state index contributed by atoms with van der Waals surface area (Å²) in [7, 11) is 0. The average Bonchev–Trinajstić information content (AvgIpc) is 2.90. The van der Waals surface area contributed by atoms with Gasteiger partial charge in [-0.15, -0.1) is 0 Å². The Morgan fingerprint density at radius 3 is 2.84 bits per heavy atom. The first-order chi connectivity index (χ1) is 12.0. The molecule has 2 N–H and O–H groups in total. The Bertz CT molecular complexity index is 916. The van der Waals surface area contributed by atoms with Crippen LogP contribution >= 0.6 is 0 Å². The van der Waals surface area contributed by atoms with Gasteiger partial charge < -0.3 is 10.3 Å². The lowest BCUT2D eigenvalue weighted by molar-refractivity contribution is -0.121. The number of fused-ring (bicyclic) bond motifs is 1. The van der Waals surface area contributed by atoms with Gasteiger partial charge in [0.25, 0.3) is 0 Å². The Morgan fingerprint density at radius 1 is 1.32 bits per heavy atom. The van der Waals surface area contributed by atoms with E-state index in [1.807, 2.05) is 39.0 Å². The fourth-order valence-electron chi connectivity index (χ4n) is 3.14. The van der Waals surface area contributed by atoms with Crippen LogP contribution in [0.2, 0.25) is 0 Å². The Morgan fingerprint density at radius 2 is 2.12 bits per heavy atom. The van der Waals surface area contributed by atoms with Crippen LogP contribution in [-0.4, -0.2) is 15.9 Å². The lowest BCUT2D eigenvalue weighted by Gasteiger charge is -2.17. The molecule has 0 radical (unpaired) electrons. The second kappa shape index (κ2) is 7.05. The molecule has 0 aliphatic rings. The van der Waals surface area contributed by atoms with Crippen LogP contribution in [0.3, 0.4) is 0 Å². The summed E-state index contributed by atoms with van der Waals surface area (Å²) in [6.45, 7) is 5.88. The van der Waals surface area contributed by atoms with Gasteiger partial charge in [-0.05, 0) is 49.6 Å². The number of nitrogens with zero attached hydrogens (tertiary/aromatic N) is 1. The first-order valence-electron chi connectivity index (χ1n) is 8.47. The Balaban J connectivity index is 1.80. The van der Waals surface area contributed by atoms with Crippen molar-refractivity contribution < 1.29 is 9.18 Å². The normalized spacial score (nSPS) is 12.3. The van der Waals surface area contributed by atoms with E-state index in [0.717, 1.165) is 34.3 Å². The van der Waals surface area contributed by atoms with E-state index in [2.05, 4.69) is 15.3 Å². The van der Waals surface area contributed by atoms with Crippen molar-refractivity contribution >= 4 is 16.8 Å². The van der Waals surface area contributed by atoms with Crippen LogP contribution in [0.4, 0.5) is 4.39 Å². The van der Waals surface area contributed by atoms with E-state index in [9.17, 15) is 9.18 Å². The number of aromatic amines is 1. The molecule has 0 spiro atoms. The van der Waals surface area contributed by atoms with E-state index >= 15 is 0 Å². The van der Waals surface area contributed by atoms with Crippen molar-refractivity contribution in [2.24, 2.45) is 0 Å². The molecule has 1 amide bonds. The van der Waals surface area contributed by atoms with Gasteiger partial charge in [0.05, 0.1) is 23.7 Å². The highest BCUT2D eigenvalue weighted by Crippen LogP contribution is 2.25. The molecule has 3 aromatic rings. The molecule has 0 fully saturated rings. The minimum atomic E-state index is -0.303. The van der Waals surface area contributed by atoms with Crippen LogP contribution in [0.25, 0.3) is 10.9 Å². The van der Waals surface area contributed by atoms with E-state index in [0.29, 0.717) is 5.52 Å². The summed E-state index contributed by atoms with van der Waals surface area (Å²) in [5.74, 6) is -0.397. The summed E-state index contributed by atoms with van der Waals surface area (Å²) in [5, 5.41) is 3.80. The number of para-hydroxylation sites is 1. The third-order valence-corrected chi connectivity index (χ3v) is 4.48. The number of halogens is 1. The highest BCUT2D eigenvalue weighted by molar-refractivity contribution is 5.90. The standard InChI is InChI=1S/C20H22FN3O/c1-4-17(18-10-12(2)8-9-22-18)24-19(25)11-15-13(3)23-20-14(15)6-5-7-16(20)21/h5-10,17,23H,4,11H2,1-3H3,(H,24,25). The molecule has 25 heavy (non-hydrogen) atoms. The molecule has 2 heterocycles. The maximum Gasteiger partial charge on any atom is 0.225 e. The number of carbonyl (C=O) groups is 1. The molecule has 0 bridgehead atoms. The number of H-pyrrole nitrogens is 1. The predicted octanol–water partition coefficient (Wildman–Crippen LogP) is 4.13. The predicted molar refractivity (Wildman–Crippen MR) is 96.8 cm³/mol. The van der Waals surface area contributed by atoms with Gasteiger partial charge in [0, 0.05) is 17.3 Å². The lowest BCUT2D eigenvalue weighted by atomic mass is 10.1. The van der Waals surface area contributed by atoms with Gasteiger partial charge in [0.15, 0.2) is 0 Å². The molecule has 1 atom stereocenters. The number of aromatic nitrogens is 2. The topological polar surface area (TPSA) is 57.8 Å². The fraction of sp³-hybridized carbons (Fsp3) is 0.300. The van der Waals surface area contributed by atoms with Gasteiger partial charge >= 0.3 is 0 Å². The van der Waals surface area contributed by atoms with Gasteiger partial charge in [0.2, 0.25) is 5.91 Å². The molecule has 2 aromatic heterocycles. The Hall–Kier alpha value is -2.69. The van der Waals surface area contributed by atoms with Crippen molar-refractivity contribution in [3.05, 3.63) is 64.9 Å². The fourth-order valence-corrected chi connectivity index (χ4v) is 3.14. The smallest absolute Gasteiger partial charge is 0.225 e. The molecule has 0 saturated heterocycles. The second-order valence-corrected chi connectivity index (χ2v) is 6.35. The van der Waals surface area contributed by atoms with Crippen LogP contribution in [-0.2, 0) is 11.2 Å². The van der Waals surface area contributed by atoms with Crippen LogP contribution in [0.5, 0.6) is 0 Å². The van der Waals surface area contributed by atoms with Crippen molar-refractivity contribution in [3.63, 3.8) is 0 Å². The minimum Gasteiger partial charge on any atom is -0.356 e. The molecule has 5 heteroatoms. The zero-order valence-electron chi connectivity index (χ0n) is 14.7. The van der Waals surface area contributed by atoms with Gasteiger partial charge in [-0.25, -0.2) is 4.39 Å². The number of carbonyl (C=O) groups excluding carboxylic acids is 1. The number of nitrogens with one attached hydrogen (secondary N) is 2. The van der Waals surface area contributed by atoms with Crippen molar-refractivity contribution in [1.82, 2.24) is 15.3 Å². The summed E-state index contributed by atoms with van der Waals surface area (Å²) in [6.07, 6.45) is 2.72. The lowest BCUT2D eigenvalue weighted by Crippen LogP contribution is -2.30. The number of aryl methyl sites for hydroxylation is 2. The number of rotatable bonds is 5. The first kappa shape index (κ1) is 17.1. The Kier molecular flexibility index (Phi) is 4.83. The molecular formula is C20H22FN3O. The summed E-state index contributed by atoms with van der Waals surface area (Å²) < 4.78 is 13.9. The van der Waals surface area contributed by atoms with Gasteiger partial charge in [-0.3, -0.25) is 9.78 Å². The second-order valence-electron chi connectivity index (χ2n) is 6.35. The molecule has 130 valence electrons. The van der Waals surface area contributed by atoms with Crippen molar-refractivity contribution in [2.75, 3.05) is 0 Å². The molecule has 1 unspecified atom stereocenters. The van der Waals surface area contributed by atoms with Crippen LogP contribution in [0.1, 0.15) is 41.9 Å². The van der Waals surface area contributed by atoms with E-state index in [1.165, 1.54) is 6.07 Å². The molecule has 0 saturated carbocycles. The third-order valence-electron chi connectivity index (χ3n) is 4.48. The SMILES string of the molecule is CCC(NC(=O)Cc1c(C)[nH]c2c(F)cccc12)c1cc(C)ccn1. The summed E-state index contributed by atoms with van der Waals surface area (Å²) >= 11 is 0. The van der Waals surface area contributed by atoms with Crippen LogP contribution in [0, 0.1) is 19.7 Å². The number of amides is 1. The van der Waals surface area contributed by atoms with Crippen molar-refractivity contribution in [1.29, 1.82) is 0 Å². The first-order valence-corrected chi connectivity index (χ1v) is 8.47. The Labute approximate surface area is 146 Å². The van der Waals surface area contributed by atoms with Crippen molar-refractivity contribution in [3.8, 4) is 0 Å². The molecule has 4 nitrogen and oxygen atoms in total. The molecule has 3 rings (SSSR count). The molecular weight excluding hydrogens is 317 g/mol. The van der Waals surface area contributed by atoms with Crippen molar-refractivity contribution in [2.45, 2.75) is 39.7 Å². The van der Waals surface area contributed by atoms with E-state index in [4.69, 9.17) is 0 Å². The van der Waals surface area contributed by atoms with Gasteiger partial charge in [-0.1, -0.05) is 19.1 Å². The molecule has 0 aliphatic carbocycles. The van der Waals surface area contributed by atoms with E-state index < -0.39 is 0 Å². The molecule has 1 aromatic carbocycles. The highest BCUT2D eigenvalue weighted by atomic mass is 19.1.